The Morgan fingerprint density at radius 2 is 0.500 bits per heavy atom. The molecule has 22 heteroatoms. The number of nitrogens with zero attached hydrogens (tertiary/aromatic N) is 8. The number of hydrogen-bond donors (Lipinski definition) is 5. The lowest BCUT2D eigenvalue weighted by atomic mass is 10.2. The highest BCUT2D eigenvalue weighted by atomic mass is 35.5. The van der Waals surface area contributed by atoms with Crippen molar-refractivity contribution in [3.63, 3.8) is 0 Å². The molecule has 0 aliphatic rings. The van der Waals surface area contributed by atoms with Crippen LogP contribution in [0.1, 0.15) is 71.6 Å². The van der Waals surface area contributed by atoms with Gasteiger partial charge in [0.05, 0.1) is 75.0 Å². The van der Waals surface area contributed by atoms with Gasteiger partial charge in [-0.1, -0.05) is 7.43 Å². The van der Waals surface area contributed by atoms with Crippen LogP contribution in [0.25, 0.3) is 0 Å². The van der Waals surface area contributed by atoms with Crippen molar-refractivity contribution >= 4 is 66.8 Å². The molecule has 0 aliphatic carbocycles. The zero-order chi connectivity index (χ0) is 51.2. The summed E-state index contributed by atoms with van der Waals surface area (Å²) in [5.74, 6) is -0.0988. The lowest BCUT2D eigenvalue weighted by Gasteiger charge is -2.32. The minimum atomic E-state index is -0.0299. The lowest BCUT2D eigenvalue weighted by Crippen LogP contribution is -3.00. The summed E-state index contributed by atoms with van der Waals surface area (Å²) in [5.41, 5.74) is 0. The first-order valence-corrected chi connectivity index (χ1v) is 25.0. The third-order valence-corrected chi connectivity index (χ3v) is 11.2. The summed E-state index contributed by atoms with van der Waals surface area (Å²) in [6, 6.07) is 0. The normalized spacial score (nSPS) is 11.9. The van der Waals surface area contributed by atoms with Gasteiger partial charge in [-0.2, -0.15) is 0 Å². The van der Waals surface area contributed by atoms with E-state index < -0.39 is 0 Å². The molecule has 0 saturated carbocycles. The second-order valence-corrected chi connectivity index (χ2v) is 22.8. The van der Waals surface area contributed by atoms with Gasteiger partial charge in [0, 0.05) is 198 Å². The van der Waals surface area contributed by atoms with E-state index in [4.69, 9.17) is 0 Å². The van der Waals surface area contributed by atoms with E-state index in [2.05, 4.69) is 105 Å². The van der Waals surface area contributed by atoms with Crippen LogP contribution in [0.5, 0.6) is 0 Å². The maximum Gasteiger partial charge on any atom is 0.221 e. The maximum atomic E-state index is 13.1. The standard InChI is InChI=1S/C49H103N13O5.CH4.4ClH/c1-58(2,3)40-16-26-50-45(63)21-31-55(32-22-46(64)51-27-17-41-59(4,5)6)36-38-57(35-25-49(67)54-30-20-44-62(13,14)15)39-37-56(33-23-47(65)52-28-18-42-60(7,8)9)34-24-48(66)53-29-19-43-61(10,11)12;;;;;/h1,4,13,16-44H2,2-3,5-12,14-15H3,(H3-2,50,51,52,53,54,63,64,65,66,67);1H4;4*1H/p+1. The monoisotopic (exact) mass is 1110 g/mol. The largest absolute Gasteiger partial charge is 1.00 e. The van der Waals surface area contributed by atoms with Gasteiger partial charge in [0.1, 0.15) is 0 Å². The van der Waals surface area contributed by atoms with Gasteiger partial charge in [-0.25, -0.2) is 0 Å². The molecule has 0 bridgehead atoms. The van der Waals surface area contributed by atoms with Crippen LogP contribution in [-0.2, 0) is 24.0 Å². The molecule has 0 heterocycles. The Balaban J connectivity index is -0.00000218. The Bertz CT molecular complexity index is 1240. The Kier molecular flexibility index (Phi) is 49.1. The van der Waals surface area contributed by atoms with Gasteiger partial charge in [-0.15, -0.1) is 58.4 Å². The summed E-state index contributed by atoms with van der Waals surface area (Å²) in [5, 5.41) is 15.3. The van der Waals surface area contributed by atoms with Crippen LogP contribution >= 0.6 is 37.2 Å². The van der Waals surface area contributed by atoms with Crippen LogP contribution in [0.3, 0.4) is 0 Å². The molecule has 5 amide bonds. The number of carbonyl (C=O) groups excluding carboxylic acids is 5. The first-order valence-electron chi connectivity index (χ1n) is 25.0. The van der Waals surface area contributed by atoms with E-state index in [1.165, 1.54) is 0 Å². The topological polar surface area (TPSA) is 155 Å². The van der Waals surface area contributed by atoms with Crippen LogP contribution in [-0.4, -0.2) is 276 Å². The number of amides is 5. The fraction of sp³-hybridized carbons (Fsp3) is 0.840. The highest BCUT2D eigenvalue weighted by molar-refractivity contribution is 5.86. The van der Waals surface area contributed by atoms with Crippen LogP contribution in [0.4, 0.5) is 0 Å². The molecule has 0 aromatic rings. The summed E-state index contributed by atoms with van der Waals surface area (Å²) in [6.07, 6.45) is 5.79. The van der Waals surface area contributed by atoms with Gasteiger partial charge >= 0.3 is 0 Å². The summed E-state index contributed by atoms with van der Waals surface area (Å²) < 4.78 is 3.42. The van der Waals surface area contributed by atoms with Crippen molar-refractivity contribution in [2.45, 2.75) is 71.6 Å². The van der Waals surface area contributed by atoms with Crippen molar-refractivity contribution in [1.29, 1.82) is 0 Å². The zero-order valence-electron chi connectivity index (χ0n) is 46.8. The van der Waals surface area contributed by atoms with Crippen molar-refractivity contribution in [1.82, 2.24) is 41.3 Å². The van der Waals surface area contributed by atoms with Crippen LogP contribution < -0.4 is 39.0 Å². The van der Waals surface area contributed by atoms with E-state index in [9.17, 15) is 24.0 Å². The van der Waals surface area contributed by atoms with Crippen molar-refractivity contribution in [2.75, 3.05) is 209 Å². The molecule has 0 aliphatic heterocycles. The predicted molar refractivity (Wildman–Crippen MR) is 302 cm³/mol. The van der Waals surface area contributed by atoms with E-state index in [-0.39, 0.29) is 86.6 Å². The second-order valence-electron chi connectivity index (χ2n) is 22.8. The number of hydrogen-bond acceptors (Lipinski definition) is 8. The van der Waals surface area contributed by atoms with E-state index >= 15 is 0 Å². The Morgan fingerprint density at radius 3 is 0.667 bits per heavy atom. The summed E-state index contributed by atoms with van der Waals surface area (Å²) >= 11 is 0. The average Bonchev–Trinajstić information content (AvgIpc) is 3.19. The highest BCUT2D eigenvalue weighted by Crippen LogP contribution is 2.05. The molecular weight excluding hydrogens is 1000 g/mol. The van der Waals surface area contributed by atoms with E-state index in [1.54, 1.807) is 0 Å². The Labute approximate surface area is 466 Å². The quantitative estimate of drug-likeness (QED) is 0.0306. The van der Waals surface area contributed by atoms with E-state index in [0.29, 0.717) is 137 Å². The maximum absolute atomic E-state index is 13.1. The molecule has 0 atom stereocenters. The minimum Gasteiger partial charge on any atom is -1.00 e. The third-order valence-electron chi connectivity index (χ3n) is 11.2. The van der Waals surface area contributed by atoms with Crippen molar-refractivity contribution in [3.8, 4) is 0 Å². The molecule has 0 radical (unpaired) electrons. The molecule has 434 valence electrons. The molecule has 0 spiro atoms. The number of nitrogens with one attached hydrogen (secondary N) is 5. The minimum absolute atomic E-state index is 0. The molecular formula is C50H112Cl4N13O5+. The Hall–Kier alpha value is -1.81. The van der Waals surface area contributed by atoms with Crippen LogP contribution in [0.2, 0.25) is 0 Å². The second kappa shape index (κ2) is 43.3. The Morgan fingerprint density at radius 1 is 0.333 bits per heavy atom. The third kappa shape index (κ3) is 57.5. The molecule has 5 N–H and O–H groups in total. The van der Waals surface area contributed by atoms with Crippen LogP contribution in [0, 0.1) is 21.1 Å². The number of carbonyl (C=O) groups is 5. The van der Waals surface area contributed by atoms with E-state index in [0.717, 1.165) is 73.8 Å². The molecule has 72 heavy (non-hydrogen) atoms. The lowest BCUT2D eigenvalue weighted by molar-refractivity contribution is -0.870. The van der Waals surface area contributed by atoms with Crippen molar-refractivity contribution < 1.29 is 58.8 Å². The number of rotatable bonds is 41. The number of quaternary nitrogens is 5. The van der Waals surface area contributed by atoms with Gasteiger partial charge in [0.2, 0.25) is 29.5 Å². The predicted octanol–water partition coefficient (Wildman–Crippen LogP) is -0.704. The van der Waals surface area contributed by atoms with Gasteiger partial charge in [0.15, 0.2) is 0 Å². The fourth-order valence-corrected chi connectivity index (χ4v) is 7.08. The molecule has 0 aromatic heterocycles. The SMILES string of the molecule is C.Cl.Cl.Cl.[CH2-][N+](C)(C)CCCNC(=O)CCN(CCC(=O)NCCC[N+]([CH2-])(C)C)CCN(CCC(=O)NCCC[N+]([CH2-])(C)C)CCN(CCC(=O)NCCC[N+](C)(C)C)CCC(=O)NCCC[N+](C)(C)C.[Cl-]. The molecule has 0 rings (SSSR count). The zero-order valence-corrected chi connectivity index (χ0v) is 50.1. The molecule has 0 aromatic carbocycles. The van der Waals surface area contributed by atoms with Gasteiger partial charge in [-0.3, -0.25) is 24.0 Å². The molecule has 0 fully saturated rings. The van der Waals surface area contributed by atoms with E-state index in [1.807, 2.05) is 42.3 Å². The smallest absolute Gasteiger partial charge is 0.221 e. The van der Waals surface area contributed by atoms with Gasteiger partial charge < -0.3 is 76.1 Å². The first-order chi connectivity index (χ1) is 30.9. The fourth-order valence-electron chi connectivity index (χ4n) is 7.08. The molecule has 0 unspecified atom stereocenters. The first kappa shape index (κ1) is 81.6. The van der Waals surface area contributed by atoms with Crippen molar-refractivity contribution in [3.05, 3.63) is 21.1 Å². The van der Waals surface area contributed by atoms with Crippen LogP contribution in [0.15, 0.2) is 0 Å². The summed E-state index contributed by atoms with van der Waals surface area (Å²) in [4.78, 5) is 71.8. The van der Waals surface area contributed by atoms with Gasteiger partial charge in [0.25, 0.3) is 0 Å². The summed E-state index contributed by atoms with van der Waals surface area (Å²) in [6.45, 7) is 12.3. The van der Waals surface area contributed by atoms with Crippen molar-refractivity contribution in [2.24, 2.45) is 0 Å². The molecule has 0 saturated heterocycles. The average molecular weight is 1120 g/mol. The highest BCUT2D eigenvalue weighted by Gasteiger charge is 2.18. The summed E-state index contributed by atoms with van der Waals surface area (Å²) in [7, 11) is 37.3. The number of halogens is 4. The van der Waals surface area contributed by atoms with Gasteiger partial charge in [-0.05, 0) is 0 Å². The molecule has 18 nitrogen and oxygen atoms in total.